The molecule has 0 atom stereocenters. The van der Waals surface area contributed by atoms with E-state index in [4.69, 9.17) is 0 Å². The number of aromatic nitrogens is 5. The molecule has 1 aliphatic rings. The zero-order chi connectivity index (χ0) is 21.9. The van der Waals surface area contributed by atoms with Crippen molar-refractivity contribution < 1.29 is 0 Å². The van der Waals surface area contributed by atoms with Crippen LogP contribution in [0.4, 0.5) is 5.82 Å². The molecule has 4 heterocycles. The molecule has 5 rings (SSSR count). The number of hydrogen-bond donors (Lipinski definition) is 0. The van der Waals surface area contributed by atoms with Gasteiger partial charge in [-0.05, 0) is 25.1 Å². The second kappa shape index (κ2) is 8.84. The summed E-state index contributed by atoms with van der Waals surface area (Å²) in [5.74, 6) is 0.953. The zero-order valence-electron chi connectivity index (χ0n) is 18.1. The molecular weight excluding hydrogens is 402 g/mol. The molecule has 32 heavy (non-hydrogen) atoms. The largest absolute Gasteiger partial charge is 0.352 e. The molecule has 0 unspecified atom stereocenters. The van der Waals surface area contributed by atoms with Crippen LogP contribution in [-0.2, 0) is 6.54 Å². The normalized spacial score (nSPS) is 14.7. The van der Waals surface area contributed by atoms with Gasteiger partial charge in [0, 0.05) is 67.5 Å². The Bertz CT molecular complexity index is 1280. The van der Waals surface area contributed by atoms with E-state index in [2.05, 4.69) is 42.2 Å². The summed E-state index contributed by atoms with van der Waals surface area (Å²) in [6.07, 6.45) is 3.46. The van der Waals surface area contributed by atoms with Gasteiger partial charge < -0.3 is 4.90 Å². The number of benzene rings is 1. The van der Waals surface area contributed by atoms with Crippen LogP contribution >= 0.6 is 0 Å². The van der Waals surface area contributed by atoms with Crippen molar-refractivity contribution >= 4 is 16.6 Å². The molecule has 0 spiro atoms. The lowest BCUT2D eigenvalue weighted by Gasteiger charge is -2.35. The molecule has 1 aromatic carbocycles. The molecule has 1 aliphatic heterocycles. The maximum atomic E-state index is 12.3. The molecule has 0 aliphatic carbocycles. The Balaban J connectivity index is 1.24. The summed E-state index contributed by atoms with van der Waals surface area (Å²) in [7, 11) is 0. The smallest absolute Gasteiger partial charge is 0.266 e. The predicted octanol–water partition coefficient (Wildman–Crippen LogP) is 2.38. The Morgan fingerprint density at radius 3 is 2.38 bits per heavy atom. The predicted molar refractivity (Wildman–Crippen MR) is 125 cm³/mol. The number of fused-ring (bicyclic) bond motifs is 1. The minimum absolute atomic E-state index is 0.0807. The number of nitrogens with zero attached hydrogens (tertiary/aromatic N) is 7. The first-order chi connectivity index (χ1) is 15.7. The van der Waals surface area contributed by atoms with Crippen LogP contribution in [0.1, 0.15) is 5.69 Å². The Morgan fingerprint density at radius 2 is 1.59 bits per heavy atom. The fraction of sp³-hybridized carbons (Fsp3) is 0.292. The molecule has 1 saturated heterocycles. The number of pyridine rings is 1. The van der Waals surface area contributed by atoms with E-state index >= 15 is 0 Å². The lowest BCUT2D eigenvalue weighted by molar-refractivity contribution is 0.242. The maximum Gasteiger partial charge on any atom is 0.266 e. The third-order valence-electron chi connectivity index (χ3n) is 6.00. The van der Waals surface area contributed by atoms with Crippen LogP contribution in [-0.4, -0.2) is 62.6 Å². The zero-order valence-corrected chi connectivity index (χ0v) is 18.1. The first-order valence-corrected chi connectivity index (χ1v) is 10.9. The van der Waals surface area contributed by atoms with E-state index in [0.717, 1.165) is 66.3 Å². The number of hydrogen-bond acceptors (Lipinski definition) is 7. The third kappa shape index (κ3) is 4.09. The van der Waals surface area contributed by atoms with Crippen LogP contribution in [0.15, 0.2) is 65.7 Å². The van der Waals surface area contributed by atoms with Gasteiger partial charge in [0.15, 0.2) is 5.82 Å². The molecule has 3 aromatic heterocycles. The molecular formula is C24H25N7O. The van der Waals surface area contributed by atoms with Gasteiger partial charge in [0.25, 0.3) is 5.56 Å². The third-order valence-corrected chi connectivity index (χ3v) is 6.00. The number of aryl methyl sites for hydroxylation is 1. The Kier molecular flexibility index (Phi) is 5.60. The first-order valence-electron chi connectivity index (χ1n) is 10.9. The molecule has 0 N–H and O–H groups in total. The standard InChI is InChI=1S/C24H25N7O/c1-18-20-4-2-3-5-21(20)24(27-26-18)30-15-12-29(13-16-30)14-17-31-23(32)7-6-22(28-31)19-8-10-25-11-9-19/h2-11H,12-17H2,1H3. The van der Waals surface area contributed by atoms with Crippen LogP contribution in [0, 0.1) is 6.92 Å². The van der Waals surface area contributed by atoms with Crippen LogP contribution in [0.5, 0.6) is 0 Å². The van der Waals surface area contributed by atoms with Gasteiger partial charge in [-0.1, -0.05) is 24.3 Å². The van der Waals surface area contributed by atoms with E-state index in [9.17, 15) is 4.79 Å². The van der Waals surface area contributed by atoms with Crippen molar-refractivity contribution in [3.8, 4) is 11.3 Å². The van der Waals surface area contributed by atoms with Crippen molar-refractivity contribution in [3.63, 3.8) is 0 Å². The van der Waals surface area contributed by atoms with Crippen LogP contribution < -0.4 is 10.5 Å². The fourth-order valence-corrected chi connectivity index (χ4v) is 4.16. The lowest BCUT2D eigenvalue weighted by Crippen LogP contribution is -2.48. The highest BCUT2D eigenvalue weighted by Crippen LogP contribution is 2.26. The lowest BCUT2D eigenvalue weighted by atomic mass is 10.1. The van der Waals surface area contributed by atoms with E-state index in [0.29, 0.717) is 6.54 Å². The van der Waals surface area contributed by atoms with Gasteiger partial charge >= 0.3 is 0 Å². The Morgan fingerprint density at radius 1 is 0.844 bits per heavy atom. The second-order valence-corrected chi connectivity index (χ2v) is 8.00. The van der Waals surface area contributed by atoms with Gasteiger partial charge in [0.05, 0.1) is 17.9 Å². The summed E-state index contributed by atoms with van der Waals surface area (Å²) in [6.45, 7) is 6.90. The number of anilines is 1. The minimum atomic E-state index is -0.0807. The molecule has 4 aromatic rings. The summed E-state index contributed by atoms with van der Waals surface area (Å²) in [5.41, 5.74) is 2.60. The van der Waals surface area contributed by atoms with Gasteiger partial charge in [0.1, 0.15) is 0 Å². The average molecular weight is 428 g/mol. The molecule has 8 heteroatoms. The van der Waals surface area contributed by atoms with Crippen molar-refractivity contribution in [1.82, 2.24) is 29.9 Å². The SMILES string of the molecule is Cc1nnc(N2CCN(CCn3nc(-c4ccncc4)ccc3=O)CC2)c2ccccc12. The average Bonchev–Trinajstić information content (AvgIpc) is 2.85. The molecule has 1 fully saturated rings. The van der Waals surface area contributed by atoms with Crippen molar-refractivity contribution in [2.45, 2.75) is 13.5 Å². The highest BCUT2D eigenvalue weighted by Gasteiger charge is 2.20. The highest BCUT2D eigenvalue weighted by atomic mass is 16.1. The van der Waals surface area contributed by atoms with Gasteiger partial charge in [-0.3, -0.25) is 14.7 Å². The summed E-state index contributed by atoms with van der Waals surface area (Å²) < 4.78 is 1.56. The summed E-state index contributed by atoms with van der Waals surface area (Å²) >= 11 is 0. The number of piperazine rings is 1. The van der Waals surface area contributed by atoms with Crippen LogP contribution in [0.3, 0.4) is 0 Å². The Hall–Kier alpha value is -3.65. The minimum Gasteiger partial charge on any atom is -0.352 e. The van der Waals surface area contributed by atoms with Gasteiger partial charge in [-0.15, -0.1) is 5.10 Å². The summed E-state index contributed by atoms with van der Waals surface area (Å²) in [6, 6.07) is 15.5. The van der Waals surface area contributed by atoms with E-state index < -0.39 is 0 Å². The molecule has 0 amide bonds. The van der Waals surface area contributed by atoms with Crippen molar-refractivity contribution in [2.75, 3.05) is 37.6 Å². The highest BCUT2D eigenvalue weighted by molar-refractivity contribution is 5.93. The molecule has 0 saturated carbocycles. The van der Waals surface area contributed by atoms with Gasteiger partial charge in [0.2, 0.25) is 0 Å². The summed E-state index contributed by atoms with van der Waals surface area (Å²) in [4.78, 5) is 21.0. The monoisotopic (exact) mass is 427 g/mol. The van der Waals surface area contributed by atoms with Gasteiger partial charge in [-0.25, -0.2) is 4.68 Å². The first kappa shape index (κ1) is 20.3. The van der Waals surface area contributed by atoms with E-state index in [-0.39, 0.29) is 5.56 Å². The molecule has 0 radical (unpaired) electrons. The van der Waals surface area contributed by atoms with Crippen LogP contribution in [0.2, 0.25) is 0 Å². The maximum absolute atomic E-state index is 12.3. The number of rotatable bonds is 5. The Labute approximate surface area is 186 Å². The van der Waals surface area contributed by atoms with E-state index in [1.165, 1.54) is 0 Å². The van der Waals surface area contributed by atoms with E-state index in [1.807, 2.05) is 31.2 Å². The van der Waals surface area contributed by atoms with Gasteiger partial charge in [-0.2, -0.15) is 10.2 Å². The topological polar surface area (TPSA) is 80.0 Å². The van der Waals surface area contributed by atoms with E-state index in [1.54, 1.807) is 29.2 Å². The second-order valence-electron chi connectivity index (χ2n) is 8.00. The molecule has 0 bridgehead atoms. The molecule has 8 nitrogen and oxygen atoms in total. The van der Waals surface area contributed by atoms with Crippen molar-refractivity contribution in [2.24, 2.45) is 0 Å². The quantitative estimate of drug-likeness (QED) is 0.484. The van der Waals surface area contributed by atoms with Crippen molar-refractivity contribution in [1.29, 1.82) is 0 Å². The van der Waals surface area contributed by atoms with Crippen molar-refractivity contribution in [3.05, 3.63) is 77.0 Å². The summed E-state index contributed by atoms with van der Waals surface area (Å²) in [5, 5.41) is 15.7. The van der Waals surface area contributed by atoms with Crippen LogP contribution in [0.25, 0.3) is 22.0 Å². The fourth-order valence-electron chi connectivity index (χ4n) is 4.16. The molecule has 162 valence electrons.